The number of esters is 1. The summed E-state index contributed by atoms with van der Waals surface area (Å²) in [7, 11) is 0. The maximum absolute atomic E-state index is 13.7. The minimum Gasteiger partial charge on any atom is -0.492 e. The topological polar surface area (TPSA) is 84.9 Å². The minimum atomic E-state index is -0.923. The molecule has 8 heteroatoms. The largest absolute Gasteiger partial charge is 0.492 e. The third-order valence-electron chi connectivity index (χ3n) is 6.88. The number of hydrogen-bond acceptors (Lipinski definition) is 5. The van der Waals surface area contributed by atoms with E-state index in [0.717, 1.165) is 29.3 Å². The molecule has 1 N–H and O–H groups in total. The second kappa shape index (κ2) is 17.0. The maximum Gasteiger partial charge on any atom is 0.308 e. The fourth-order valence-electron chi connectivity index (χ4n) is 4.67. The standard InChI is InChI=1S/C31H41BrN2O5/c1-2-3-4-5-6-7-8-12-20-39-29(35)23-27-30(36)33-18-19-34(27)31(37)26-22-25(32)15-16-28(26)38-21-17-24-13-10-9-11-14-24/h9-11,13-16,22,27H,2-8,12,17-21,23H2,1H3,(H,33,36). The Morgan fingerprint density at radius 1 is 0.974 bits per heavy atom. The van der Waals surface area contributed by atoms with Gasteiger partial charge in [0.05, 0.1) is 25.2 Å². The summed E-state index contributed by atoms with van der Waals surface area (Å²) in [5, 5.41) is 2.78. The SMILES string of the molecule is CCCCCCCCCCOC(=O)CC1C(=O)NCCN1C(=O)c1cc(Br)ccc1OCCc1ccccc1. The summed E-state index contributed by atoms with van der Waals surface area (Å²) in [5.74, 6) is -0.714. The zero-order chi connectivity index (χ0) is 27.9. The summed E-state index contributed by atoms with van der Waals surface area (Å²) in [6.07, 6.45) is 9.76. The van der Waals surface area contributed by atoms with Gasteiger partial charge >= 0.3 is 5.97 Å². The monoisotopic (exact) mass is 600 g/mol. The van der Waals surface area contributed by atoms with E-state index in [2.05, 4.69) is 28.2 Å². The molecule has 1 aliphatic rings. The number of rotatable bonds is 16. The molecule has 7 nitrogen and oxygen atoms in total. The Morgan fingerprint density at radius 3 is 2.44 bits per heavy atom. The molecule has 2 amide bonds. The van der Waals surface area contributed by atoms with Gasteiger partial charge in [0, 0.05) is 24.0 Å². The van der Waals surface area contributed by atoms with E-state index in [1.54, 1.807) is 12.1 Å². The average Bonchev–Trinajstić information content (AvgIpc) is 2.94. The third-order valence-corrected chi connectivity index (χ3v) is 7.37. The van der Waals surface area contributed by atoms with Crippen molar-refractivity contribution in [2.24, 2.45) is 0 Å². The summed E-state index contributed by atoms with van der Waals surface area (Å²) in [5.41, 5.74) is 1.49. The maximum atomic E-state index is 13.7. The van der Waals surface area contributed by atoms with E-state index in [1.807, 2.05) is 36.4 Å². The first kappa shape index (κ1) is 30.7. The predicted octanol–water partition coefficient (Wildman–Crippen LogP) is 6.09. The van der Waals surface area contributed by atoms with Gasteiger partial charge < -0.3 is 19.7 Å². The molecule has 2 aromatic carbocycles. The Bertz CT molecular complexity index is 1060. The highest BCUT2D eigenvalue weighted by atomic mass is 79.9. The van der Waals surface area contributed by atoms with Crippen LogP contribution in [0.3, 0.4) is 0 Å². The fraction of sp³-hybridized carbons (Fsp3) is 0.516. The second-order valence-corrected chi connectivity index (χ2v) is 10.8. The van der Waals surface area contributed by atoms with Crippen LogP contribution in [0.25, 0.3) is 0 Å². The number of nitrogens with zero attached hydrogens (tertiary/aromatic N) is 1. The Balaban J connectivity index is 1.54. The van der Waals surface area contributed by atoms with Crippen LogP contribution >= 0.6 is 15.9 Å². The van der Waals surface area contributed by atoms with Gasteiger partial charge in [-0.2, -0.15) is 0 Å². The molecule has 1 aliphatic heterocycles. The van der Waals surface area contributed by atoms with Crippen LogP contribution in [-0.4, -0.2) is 55.0 Å². The van der Waals surface area contributed by atoms with Crippen molar-refractivity contribution in [2.45, 2.75) is 77.2 Å². The van der Waals surface area contributed by atoms with Crippen molar-refractivity contribution < 1.29 is 23.9 Å². The number of unbranched alkanes of at least 4 members (excludes halogenated alkanes) is 7. The van der Waals surface area contributed by atoms with Gasteiger partial charge in [0.2, 0.25) is 5.91 Å². The number of halogens is 1. The van der Waals surface area contributed by atoms with Crippen LogP contribution in [0.5, 0.6) is 5.75 Å². The molecule has 212 valence electrons. The Hall–Kier alpha value is -2.87. The molecule has 1 heterocycles. The van der Waals surface area contributed by atoms with E-state index in [9.17, 15) is 14.4 Å². The van der Waals surface area contributed by atoms with E-state index in [0.29, 0.717) is 44.0 Å². The molecule has 1 unspecified atom stereocenters. The van der Waals surface area contributed by atoms with Crippen LogP contribution in [-0.2, 0) is 20.7 Å². The lowest BCUT2D eigenvalue weighted by Crippen LogP contribution is -2.57. The number of ether oxygens (including phenoxy) is 2. The van der Waals surface area contributed by atoms with Crippen molar-refractivity contribution in [3.8, 4) is 5.75 Å². The van der Waals surface area contributed by atoms with E-state index in [1.165, 1.54) is 37.0 Å². The van der Waals surface area contributed by atoms with Gasteiger partial charge in [-0.15, -0.1) is 0 Å². The van der Waals surface area contributed by atoms with Gasteiger partial charge in [-0.05, 0) is 30.2 Å². The van der Waals surface area contributed by atoms with Gasteiger partial charge in [-0.3, -0.25) is 14.4 Å². The zero-order valence-electron chi connectivity index (χ0n) is 23.0. The number of hydrogen-bond donors (Lipinski definition) is 1. The molecule has 1 saturated heterocycles. The molecule has 1 fully saturated rings. The van der Waals surface area contributed by atoms with Crippen molar-refractivity contribution in [2.75, 3.05) is 26.3 Å². The molecule has 0 aromatic heterocycles. The van der Waals surface area contributed by atoms with Crippen molar-refractivity contribution in [3.05, 3.63) is 64.1 Å². The predicted molar refractivity (Wildman–Crippen MR) is 156 cm³/mol. The van der Waals surface area contributed by atoms with Gasteiger partial charge in [-0.25, -0.2) is 0 Å². The van der Waals surface area contributed by atoms with Gasteiger partial charge in [0.15, 0.2) is 0 Å². The highest BCUT2D eigenvalue weighted by Gasteiger charge is 2.36. The number of carbonyl (C=O) groups excluding carboxylic acids is 3. The quantitative estimate of drug-likeness (QED) is 0.186. The number of carbonyl (C=O) groups is 3. The van der Waals surface area contributed by atoms with Crippen molar-refractivity contribution in [1.82, 2.24) is 10.2 Å². The molecular weight excluding hydrogens is 560 g/mol. The minimum absolute atomic E-state index is 0.174. The van der Waals surface area contributed by atoms with Crippen LogP contribution in [0.2, 0.25) is 0 Å². The van der Waals surface area contributed by atoms with Crippen molar-refractivity contribution in [3.63, 3.8) is 0 Å². The first-order valence-electron chi connectivity index (χ1n) is 14.2. The first-order chi connectivity index (χ1) is 19.0. The first-order valence-corrected chi connectivity index (χ1v) is 15.0. The molecule has 2 aromatic rings. The Kier molecular flexibility index (Phi) is 13.3. The fourth-order valence-corrected chi connectivity index (χ4v) is 5.03. The molecule has 0 bridgehead atoms. The highest BCUT2D eigenvalue weighted by Crippen LogP contribution is 2.27. The Labute approximate surface area is 240 Å². The van der Waals surface area contributed by atoms with Gasteiger partial charge in [-0.1, -0.05) is 98.1 Å². The van der Waals surface area contributed by atoms with Crippen LogP contribution in [0.15, 0.2) is 53.0 Å². The van der Waals surface area contributed by atoms with Gasteiger partial charge in [0.25, 0.3) is 5.91 Å². The zero-order valence-corrected chi connectivity index (χ0v) is 24.5. The van der Waals surface area contributed by atoms with E-state index < -0.39 is 12.0 Å². The van der Waals surface area contributed by atoms with Crippen LogP contribution in [0, 0.1) is 0 Å². The number of nitrogens with one attached hydrogen (secondary N) is 1. The lowest BCUT2D eigenvalue weighted by Gasteiger charge is -2.35. The number of piperazine rings is 1. The normalized spacial score (nSPS) is 15.1. The molecule has 39 heavy (non-hydrogen) atoms. The van der Waals surface area contributed by atoms with Crippen LogP contribution in [0.1, 0.15) is 80.6 Å². The highest BCUT2D eigenvalue weighted by molar-refractivity contribution is 9.10. The van der Waals surface area contributed by atoms with Crippen molar-refractivity contribution in [1.29, 1.82) is 0 Å². The van der Waals surface area contributed by atoms with E-state index >= 15 is 0 Å². The van der Waals surface area contributed by atoms with Crippen LogP contribution in [0.4, 0.5) is 0 Å². The summed E-state index contributed by atoms with van der Waals surface area (Å²) < 4.78 is 12.2. The molecule has 0 radical (unpaired) electrons. The summed E-state index contributed by atoms with van der Waals surface area (Å²) in [6, 6.07) is 14.3. The van der Waals surface area contributed by atoms with E-state index in [-0.39, 0.29) is 18.2 Å². The van der Waals surface area contributed by atoms with Crippen molar-refractivity contribution >= 4 is 33.7 Å². The second-order valence-electron chi connectivity index (χ2n) is 9.93. The Morgan fingerprint density at radius 2 is 1.69 bits per heavy atom. The van der Waals surface area contributed by atoms with E-state index in [4.69, 9.17) is 9.47 Å². The van der Waals surface area contributed by atoms with Gasteiger partial charge in [0.1, 0.15) is 11.8 Å². The lowest BCUT2D eigenvalue weighted by molar-refractivity contribution is -0.147. The molecule has 1 atom stereocenters. The molecule has 0 saturated carbocycles. The molecule has 0 spiro atoms. The lowest BCUT2D eigenvalue weighted by atomic mass is 10.1. The number of benzene rings is 2. The smallest absolute Gasteiger partial charge is 0.308 e. The summed E-state index contributed by atoms with van der Waals surface area (Å²) in [6.45, 7) is 3.58. The molecular formula is C31H41BrN2O5. The third kappa shape index (κ3) is 10.3. The summed E-state index contributed by atoms with van der Waals surface area (Å²) >= 11 is 3.44. The molecule has 0 aliphatic carbocycles. The molecule has 3 rings (SSSR count). The average molecular weight is 602 g/mol. The van der Waals surface area contributed by atoms with Crippen LogP contribution < -0.4 is 10.1 Å². The number of amides is 2. The summed E-state index contributed by atoms with van der Waals surface area (Å²) in [4.78, 5) is 40.4.